The van der Waals surface area contributed by atoms with E-state index >= 15 is 0 Å². The van der Waals surface area contributed by atoms with Gasteiger partial charge in [-0.1, -0.05) is 6.92 Å². The van der Waals surface area contributed by atoms with Crippen LogP contribution >= 0.6 is 0 Å². The lowest BCUT2D eigenvalue weighted by molar-refractivity contribution is -0.110. The van der Waals surface area contributed by atoms with Crippen LogP contribution in [0.4, 0.5) is 11.4 Å². The number of rotatable bonds is 5. The summed E-state index contributed by atoms with van der Waals surface area (Å²) in [6, 6.07) is 12.8. The number of anilines is 2. The van der Waals surface area contributed by atoms with Gasteiger partial charge in [0.25, 0.3) is 5.91 Å². The molecule has 3 rings (SSSR count). The van der Waals surface area contributed by atoms with Crippen LogP contribution in [-0.4, -0.2) is 20.1 Å². The number of hydrogen-bond acceptors (Lipinski definition) is 5. The fourth-order valence-electron chi connectivity index (χ4n) is 2.93. The molecule has 0 spiro atoms. The Morgan fingerprint density at radius 2 is 1.81 bits per heavy atom. The van der Waals surface area contributed by atoms with Crippen LogP contribution < -0.4 is 20.1 Å². The molecule has 1 amide bonds. The van der Waals surface area contributed by atoms with E-state index in [2.05, 4.69) is 16.7 Å². The van der Waals surface area contributed by atoms with Crippen molar-refractivity contribution in [1.29, 1.82) is 5.26 Å². The van der Waals surface area contributed by atoms with Gasteiger partial charge in [-0.25, -0.2) is 0 Å². The zero-order valence-corrected chi connectivity index (χ0v) is 14.8. The van der Waals surface area contributed by atoms with Gasteiger partial charge in [-0.15, -0.1) is 0 Å². The minimum Gasteiger partial charge on any atom is -0.493 e. The van der Waals surface area contributed by atoms with Crippen molar-refractivity contribution in [3.8, 4) is 17.6 Å². The van der Waals surface area contributed by atoms with Crippen LogP contribution in [-0.2, 0) is 4.79 Å². The van der Waals surface area contributed by atoms with E-state index < -0.39 is 0 Å². The van der Waals surface area contributed by atoms with Crippen molar-refractivity contribution in [2.45, 2.75) is 13.3 Å². The average molecular weight is 349 g/mol. The molecule has 6 nitrogen and oxygen atoms in total. The lowest BCUT2D eigenvalue weighted by atomic mass is 10.0. The van der Waals surface area contributed by atoms with Crippen molar-refractivity contribution >= 4 is 22.9 Å². The largest absolute Gasteiger partial charge is 0.493 e. The van der Waals surface area contributed by atoms with Crippen LogP contribution in [0.15, 0.2) is 42.1 Å². The number of ether oxygens (including phenoxy) is 2. The highest BCUT2D eigenvalue weighted by molar-refractivity contribution is 6.32. The van der Waals surface area contributed by atoms with Crippen molar-refractivity contribution in [1.82, 2.24) is 0 Å². The van der Waals surface area contributed by atoms with Crippen molar-refractivity contribution in [3.63, 3.8) is 0 Å². The van der Waals surface area contributed by atoms with Crippen molar-refractivity contribution < 1.29 is 14.3 Å². The van der Waals surface area contributed by atoms with E-state index in [4.69, 9.17) is 14.7 Å². The van der Waals surface area contributed by atoms with Crippen LogP contribution in [0.1, 0.15) is 24.5 Å². The predicted molar refractivity (Wildman–Crippen MR) is 100 cm³/mol. The first-order valence-corrected chi connectivity index (χ1v) is 8.19. The Kier molecular flexibility index (Phi) is 4.81. The highest BCUT2D eigenvalue weighted by Crippen LogP contribution is 2.42. The Balaban J connectivity index is 2.05. The molecular formula is C20H19N3O3. The number of methoxy groups -OCH3 is 2. The van der Waals surface area contributed by atoms with Gasteiger partial charge in [-0.2, -0.15) is 5.26 Å². The van der Waals surface area contributed by atoms with Crippen molar-refractivity contribution in [2.24, 2.45) is 0 Å². The maximum atomic E-state index is 12.6. The minimum atomic E-state index is -0.173. The van der Waals surface area contributed by atoms with E-state index in [1.807, 2.05) is 19.1 Å². The normalized spacial score (nSPS) is 14.2. The van der Waals surface area contributed by atoms with Gasteiger partial charge < -0.3 is 20.1 Å². The van der Waals surface area contributed by atoms with Crippen LogP contribution in [0.2, 0.25) is 0 Å². The molecule has 0 unspecified atom stereocenters. The second kappa shape index (κ2) is 7.19. The number of carbonyl (C=O) groups excluding carboxylic acids is 1. The third-order valence-corrected chi connectivity index (χ3v) is 4.23. The molecule has 2 aromatic carbocycles. The monoisotopic (exact) mass is 349 g/mol. The van der Waals surface area contributed by atoms with Gasteiger partial charge in [0.1, 0.15) is 0 Å². The summed E-state index contributed by atoms with van der Waals surface area (Å²) in [4.78, 5) is 12.6. The first-order valence-electron chi connectivity index (χ1n) is 8.19. The molecule has 1 aliphatic heterocycles. The highest BCUT2D eigenvalue weighted by Gasteiger charge is 2.29. The first-order chi connectivity index (χ1) is 12.6. The van der Waals surface area contributed by atoms with Gasteiger partial charge in [0.2, 0.25) is 0 Å². The van der Waals surface area contributed by atoms with E-state index in [1.165, 1.54) is 0 Å². The van der Waals surface area contributed by atoms with Gasteiger partial charge in [-0.3, -0.25) is 4.79 Å². The summed E-state index contributed by atoms with van der Waals surface area (Å²) in [5.74, 6) is 0.952. The van der Waals surface area contributed by atoms with E-state index in [0.717, 1.165) is 16.9 Å². The maximum Gasteiger partial charge on any atom is 0.258 e. The first kappa shape index (κ1) is 17.4. The smallest absolute Gasteiger partial charge is 0.258 e. The Bertz CT molecular complexity index is 925. The standard InChI is InChI=1S/C20H19N3O3/c1-4-15(22-13-7-5-12(11-21)6-8-13)19-14-9-17(25-2)18(26-3)10-16(14)23-20(19)24/h5-10,22H,4H2,1-3H3,(H,23,24)/b19-15-. The Morgan fingerprint density at radius 1 is 1.15 bits per heavy atom. The number of allylic oxidation sites excluding steroid dienone is 1. The SMILES string of the molecule is CC/C(Nc1ccc(C#N)cc1)=C1/C(=O)Nc2cc(OC)c(OC)cc21. The molecule has 1 heterocycles. The van der Waals surface area contributed by atoms with Crippen LogP contribution in [0.3, 0.4) is 0 Å². The molecule has 0 fully saturated rings. The van der Waals surface area contributed by atoms with E-state index in [-0.39, 0.29) is 5.91 Å². The number of hydrogen-bond donors (Lipinski definition) is 2. The number of nitrogens with zero attached hydrogens (tertiary/aromatic N) is 1. The van der Waals surface area contributed by atoms with E-state index in [1.54, 1.807) is 38.5 Å². The third-order valence-electron chi connectivity index (χ3n) is 4.23. The summed E-state index contributed by atoms with van der Waals surface area (Å²) in [7, 11) is 3.12. The second-order valence-electron chi connectivity index (χ2n) is 5.73. The molecule has 0 aromatic heterocycles. The molecule has 6 heteroatoms. The molecule has 2 N–H and O–H groups in total. The number of benzene rings is 2. The average Bonchev–Trinajstić information content (AvgIpc) is 3.00. The molecule has 0 saturated carbocycles. The summed E-state index contributed by atoms with van der Waals surface area (Å²) in [6.45, 7) is 1.98. The molecule has 0 saturated heterocycles. The zero-order valence-electron chi connectivity index (χ0n) is 14.8. The number of nitrogens with one attached hydrogen (secondary N) is 2. The van der Waals surface area contributed by atoms with Gasteiger partial charge in [0.15, 0.2) is 11.5 Å². The number of fused-ring (bicyclic) bond motifs is 1. The van der Waals surface area contributed by atoms with E-state index in [9.17, 15) is 4.79 Å². The fraction of sp³-hybridized carbons (Fsp3) is 0.200. The summed E-state index contributed by atoms with van der Waals surface area (Å²) in [5, 5.41) is 15.1. The summed E-state index contributed by atoms with van der Waals surface area (Å²) >= 11 is 0. The lowest BCUT2D eigenvalue weighted by Crippen LogP contribution is -2.10. The number of nitriles is 1. The molecule has 132 valence electrons. The predicted octanol–water partition coefficient (Wildman–Crippen LogP) is 3.76. The molecule has 0 aliphatic carbocycles. The molecule has 0 atom stereocenters. The van der Waals surface area contributed by atoms with Gasteiger partial charge >= 0.3 is 0 Å². The Labute approximate surface area is 152 Å². The van der Waals surface area contributed by atoms with Gasteiger partial charge in [-0.05, 0) is 36.8 Å². The van der Waals surface area contributed by atoms with Crippen LogP contribution in [0.25, 0.3) is 5.57 Å². The third kappa shape index (κ3) is 3.07. The summed E-state index contributed by atoms with van der Waals surface area (Å²) < 4.78 is 10.7. The Morgan fingerprint density at radius 3 is 2.38 bits per heavy atom. The maximum absolute atomic E-state index is 12.6. The highest BCUT2D eigenvalue weighted by atomic mass is 16.5. The summed E-state index contributed by atoms with van der Waals surface area (Å²) in [5.41, 5.74) is 4.23. The van der Waals surface area contributed by atoms with Gasteiger partial charge in [0, 0.05) is 23.0 Å². The zero-order chi connectivity index (χ0) is 18.7. The fourth-order valence-corrected chi connectivity index (χ4v) is 2.93. The number of carbonyl (C=O) groups is 1. The summed E-state index contributed by atoms with van der Waals surface area (Å²) in [6.07, 6.45) is 0.635. The van der Waals surface area contributed by atoms with Gasteiger partial charge in [0.05, 0.1) is 37.1 Å². The lowest BCUT2D eigenvalue weighted by Gasteiger charge is -2.13. The van der Waals surface area contributed by atoms with Crippen molar-refractivity contribution in [3.05, 3.63) is 53.2 Å². The molecule has 0 bridgehead atoms. The second-order valence-corrected chi connectivity index (χ2v) is 5.73. The molecular weight excluding hydrogens is 330 g/mol. The minimum absolute atomic E-state index is 0.173. The molecule has 2 aromatic rings. The van der Waals surface area contributed by atoms with E-state index in [0.29, 0.717) is 34.7 Å². The van der Waals surface area contributed by atoms with Crippen LogP contribution in [0, 0.1) is 11.3 Å². The van der Waals surface area contributed by atoms with Crippen molar-refractivity contribution in [2.75, 3.05) is 24.9 Å². The molecule has 26 heavy (non-hydrogen) atoms. The van der Waals surface area contributed by atoms with Crippen LogP contribution in [0.5, 0.6) is 11.5 Å². The molecule has 1 aliphatic rings. The quantitative estimate of drug-likeness (QED) is 0.803. The topological polar surface area (TPSA) is 83.4 Å². The number of amides is 1. The Hall–Kier alpha value is -3.46. The molecule has 0 radical (unpaired) electrons.